The number of benzene rings is 2. The van der Waals surface area contributed by atoms with Crippen LogP contribution in [0.5, 0.6) is 5.75 Å². The number of fused-ring (bicyclic) bond motifs is 4. The molecule has 0 unspecified atom stereocenters. The quantitative estimate of drug-likeness (QED) is 0.477. The predicted octanol–water partition coefficient (Wildman–Crippen LogP) is 3.63. The van der Waals surface area contributed by atoms with Gasteiger partial charge in [-0.25, -0.2) is 4.68 Å². The van der Waals surface area contributed by atoms with E-state index in [9.17, 15) is 23.2 Å². The molecule has 1 aromatic heterocycles. The maximum Gasteiger partial charge on any atom is 0.333 e. The number of alkyl halides is 2. The zero-order valence-electron chi connectivity index (χ0n) is 24.1. The number of carbonyl (C=O) groups excluding carboxylic acids is 3. The molecule has 0 radical (unpaired) electrons. The molecule has 3 amide bonds. The normalized spacial score (nSPS) is 22.9. The summed E-state index contributed by atoms with van der Waals surface area (Å²) in [6.07, 6.45) is 4.35. The fourth-order valence-corrected chi connectivity index (χ4v) is 6.49. The van der Waals surface area contributed by atoms with E-state index >= 15 is 0 Å². The van der Waals surface area contributed by atoms with Crippen molar-refractivity contribution in [3.05, 3.63) is 71.0 Å². The van der Waals surface area contributed by atoms with E-state index in [0.29, 0.717) is 65.2 Å². The molecule has 7 rings (SSSR count). The average molecular weight is 564 g/mol. The van der Waals surface area contributed by atoms with Gasteiger partial charge >= 0.3 is 6.55 Å². The van der Waals surface area contributed by atoms with Crippen molar-refractivity contribution < 1.29 is 30.6 Å². The molecule has 1 atom stereocenters. The number of halogens is 2. The first-order valence-corrected chi connectivity index (χ1v) is 13.7. The number of hydrogen-bond acceptors (Lipinski definition) is 6. The van der Waals surface area contributed by atoms with Gasteiger partial charge in [0.05, 0.1) is 19.3 Å². The molecule has 4 aliphatic heterocycles. The molecule has 3 aromatic rings. The molecular formula is C30H29F2N5O4. The van der Waals surface area contributed by atoms with Crippen LogP contribution in [0.15, 0.2) is 48.8 Å². The second-order valence-corrected chi connectivity index (χ2v) is 11.1. The molecule has 0 aliphatic carbocycles. The van der Waals surface area contributed by atoms with Gasteiger partial charge in [0, 0.05) is 49.5 Å². The third-order valence-corrected chi connectivity index (χ3v) is 8.74. The molecule has 0 bridgehead atoms. The van der Waals surface area contributed by atoms with Gasteiger partial charge in [0.15, 0.2) is 0 Å². The molecule has 2 saturated heterocycles. The number of hydrogen-bond donors (Lipinski definition) is 1. The Labute approximate surface area is 237 Å². The monoisotopic (exact) mass is 563 g/mol. The lowest BCUT2D eigenvalue weighted by Crippen LogP contribution is -2.52. The Morgan fingerprint density at radius 1 is 1.15 bits per heavy atom. The van der Waals surface area contributed by atoms with E-state index in [1.165, 1.54) is 17.3 Å². The number of piperidine rings is 2. The first kappa shape index (κ1) is 23.6. The van der Waals surface area contributed by atoms with Gasteiger partial charge in [0.25, 0.3) is 5.91 Å². The number of nitrogens with zero attached hydrogens (tertiary/aromatic N) is 4. The van der Waals surface area contributed by atoms with Crippen molar-refractivity contribution in [1.29, 1.82) is 0 Å². The van der Waals surface area contributed by atoms with E-state index in [0.717, 1.165) is 11.1 Å². The third kappa shape index (κ3) is 4.39. The first-order valence-electron chi connectivity index (χ1n) is 14.7. The smallest absolute Gasteiger partial charge is 0.333 e. The molecule has 2 aromatic carbocycles. The van der Waals surface area contributed by atoms with Gasteiger partial charge in [-0.05, 0) is 55.6 Å². The fourth-order valence-electron chi connectivity index (χ4n) is 6.49. The highest BCUT2D eigenvalue weighted by atomic mass is 19.3. The molecule has 2 fully saturated rings. The summed E-state index contributed by atoms with van der Waals surface area (Å²) in [5.74, 6) is -0.360. The molecule has 4 aliphatic rings. The van der Waals surface area contributed by atoms with Gasteiger partial charge in [0.1, 0.15) is 11.8 Å². The van der Waals surface area contributed by atoms with Crippen molar-refractivity contribution in [3.63, 3.8) is 0 Å². The minimum Gasteiger partial charge on any atom is -0.492 e. The molecule has 11 heteroatoms. The number of carbonyl (C=O) groups is 3. The van der Waals surface area contributed by atoms with Gasteiger partial charge in [-0.1, -0.05) is 24.3 Å². The Hall–Kier alpha value is -4.12. The zero-order valence-corrected chi connectivity index (χ0v) is 22.1. The molecule has 9 nitrogen and oxygen atoms in total. The van der Waals surface area contributed by atoms with Crippen molar-refractivity contribution in [1.82, 2.24) is 24.9 Å². The number of likely N-dealkylation sites (tertiary alicyclic amines) is 1. The van der Waals surface area contributed by atoms with Crippen molar-refractivity contribution in [2.24, 2.45) is 0 Å². The highest BCUT2D eigenvalue weighted by Gasteiger charge is 2.47. The zero-order chi connectivity index (χ0) is 30.1. The topological polar surface area (TPSA) is 96.8 Å². The molecule has 1 spiro atoms. The summed E-state index contributed by atoms with van der Waals surface area (Å²) in [5, 5.41) is 6.02. The maximum atomic E-state index is 13.2. The summed E-state index contributed by atoms with van der Waals surface area (Å²) >= 11 is 0. The van der Waals surface area contributed by atoms with E-state index in [1.54, 1.807) is 35.2 Å². The van der Waals surface area contributed by atoms with Crippen LogP contribution in [0.4, 0.5) is 8.78 Å². The van der Waals surface area contributed by atoms with Gasteiger partial charge in [-0.15, -0.1) is 0 Å². The lowest BCUT2D eigenvalue weighted by atomic mass is 9.74. The summed E-state index contributed by atoms with van der Waals surface area (Å²) in [6, 6.07) is 9.87. The predicted molar refractivity (Wildman–Crippen MR) is 143 cm³/mol. The molecule has 41 heavy (non-hydrogen) atoms. The fraction of sp³-hybridized carbons (Fsp3) is 0.400. The molecular weight excluding hydrogens is 532 g/mol. The van der Waals surface area contributed by atoms with Crippen LogP contribution < -0.4 is 10.1 Å². The average Bonchev–Trinajstić information content (AvgIpc) is 3.71. The highest BCUT2D eigenvalue weighted by molar-refractivity contribution is 6.05. The number of aromatic nitrogens is 2. The third-order valence-electron chi connectivity index (χ3n) is 8.74. The number of nitrogens with one attached hydrogen (secondary N) is 1. The van der Waals surface area contributed by atoms with Crippen LogP contribution in [0.25, 0.3) is 11.1 Å². The van der Waals surface area contributed by atoms with Crippen LogP contribution in [-0.2, 0) is 28.0 Å². The molecule has 212 valence electrons. The van der Waals surface area contributed by atoms with Crippen molar-refractivity contribution in [2.75, 3.05) is 19.7 Å². The van der Waals surface area contributed by atoms with Crippen molar-refractivity contribution >= 4 is 17.7 Å². The summed E-state index contributed by atoms with van der Waals surface area (Å²) < 4.78 is 50.8. The minimum atomic E-state index is -2.75. The van der Waals surface area contributed by atoms with Crippen molar-refractivity contribution in [2.45, 2.75) is 56.7 Å². The number of rotatable bonds is 5. The Bertz CT molecular complexity index is 1650. The van der Waals surface area contributed by atoms with Crippen LogP contribution in [0.2, 0.25) is 0 Å². The molecule has 0 saturated carbocycles. The van der Waals surface area contributed by atoms with Gasteiger partial charge in [-0.3, -0.25) is 24.6 Å². The summed E-state index contributed by atoms with van der Waals surface area (Å²) in [4.78, 5) is 40.6. The Balaban J connectivity index is 1.08. The number of ether oxygens (including phenoxy) is 1. The van der Waals surface area contributed by atoms with E-state index in [2.05, 4.69) is 10.4 Å². The number of amides is 3. The molecule has 1 N–H and O–H groups in total. The van der Waals surface area contributed by atoms with Gasteiger partial charge < -0.3 is 9.64 Å². The van der Waals surface area contributed by atoms with Crippen LogP contribution in [0, 0.1) is 0 Å². The van der Waals surface area contributed by atoms with E-state index in [1.807, 2.05) is 6.07 Å². The standard InChI is InChI=1S/C30H29F2N5O4/c31-29(32)37-15-20(13-33-37)19-3-1-2-18(12-19)14-35-10-8-30(9-11-35)17-41-26-22-16-36(24-6-7-25(38)34-27(24)39)28(40)21(22)4-5-23(26)30/h1-5,12-13,15,24,29H,6-11,14,16-17H2,(H,34,38,39)/t24-/m0/s1/i14D2. The Morgan fingerprint density at radius 2 is 1.98 bits per heavy atom. The first-order chi connectivity index (χ1) is 20.6. The summed E-state index contributed by atoms with van der Waals surface area (Å²) in [5.41, 5.74) is 3.46. The van der Waals surface area contributed by atoms with E-state index < -0.39 is 25.0 Å². The minimum absolute atomic E-state index is 0.186. The SMILES string of the molecule is [2H]C([2H])(c1cccc(-c2cnn(C(F)F)c2)c1)N1CCC2(CC1)COc1c2ccc2c1CN([C@H]1CCC(=O)NC1=O)C2=O. The van der Waals surface area contributed by atoms with Crippen LogP contribution >= 0.6 is 0 Å². The second-order valence-electron chi connectivity index (χ2n) is 11.1. The summed E-state index contributed by atoms with van der Waals surface area (Å²) in [7, 11) is 0. The second kappa shape index (κ2) is 9.76. The van der Waals surface area contributed by atoms with Gasteiger partial charge in [-0.2, -0.15) is 13.9 Å². The van der Waals surface area contributed by atoms with Crippen LogP contribution in [0.3, 0.4) is 0 Å². The van der Waals surface area contributed by atoms with E-state index in [-0.39, 0.29) is 36.6 Å². The Morgan fingerprint density at radius 3 is 2.73 bits per heavy atom. The molecule has 5 heterocycles. The summed E-state index contributed by atoms with van der Waals surface area (Å²) in [6.45, 7) is -2.97. The highest BCUT2D eigenvalue weighted by Crippen LogP contribution is 2.49. The largest absolute Gasteiger partial charge is 0.492 e. The van der Waals surface area contributed by atoms with Crippen molar-refractivity contribution in [3.8, 4) is 16.9 Å². The maximum absolute atomic E-state index is 13.2. The Kier molecular flexibility index (Phi) is 5.61. The van der Waals surface area contributed by atoms with Crippen LogP contribution in [-0.4, -0.2) is 63.0 Å². The lowest BCUT2D eigenvalue weighted by Gasteiger charge is -2.38. The van der Waals surface area contributed by atoms with Crippen LogP contribution in [0.1, 0.15) is 62.0 Å². The number of imide groups is 1. The lowest BCUT2D eigenvalue weighted by molar-refractivity contribution is -0.136. The van der Waals surface area contributed by atoms with E-state index in [4.69, 9.17) is 7.48 Å². The van der Waals surface area contributed by atoms with Gasteiger partial charge in [0.2, 0.25) is 11.8 Å².